The molecular weight excluding hydrogens is 424 g/mol. The number of benzene rings is 2. The van der Waals surface area contributed by atoms with Gasteiger partial charge >= 0.3 is 0 Å². The lowest BCUT2D eigenvalue weighted by molar-refractivity contribution is -0.126. The molecule has 1 heterocycles. The number of amides is 1. The molecule has 1 aliphatic rings. The Morgan fingerprint density at radius 3 is 2.56 bits per heavy atom. The molecule has 3 N–H and O–H groups in total. The molecule has 0 atom stereocenters. The molecule has 3 aromatic rings. The maximum Gasteiger partial charge on any atom is 0.240 e. The summed E-state index contributed by atoms with van der Waals surface area (Å²) in [5.41, 5.74) is 2.35. The number of carbonyl (C=O) groups is 1. The second kappa shape index (κ2) is 9.83. The minimum atomic E-state index is -3.67. The Kier molecular flexibility index (Phi) is 6.91. The number of imidazole rings is 1. The van der Waals surface area contributed by atoms with Crippen LogP contribution in [0.25, 0.3) is 22.4 Å². The Morgan fingerprint density at radius 1 is 1.09 bits per heavy atom. The molecule has 32 heavy (non-hydrogen) atoms. The Bertz CT molecular complexity index is 1170. The van der Waals surface area contributed by atoms with Crippen LogP contribution in [-0.2, 0) is 14.8 Å². The molecule has 8 heteroatoms. The number of carbonyl (C=O) groups excluding carboxylic acids is 1. The van der Waals surface area contributed by atoms with E-state index in [-0.39, 0.29) is 22.8 Å². The fraction of sp³-hybridized carbons (Fsp3) is 0.417. The van der Waals surface area contributed by atoms with Crippen LogP contribution >= 0.6 is 0 Å². The molecule has 7 nitrogen and oxygen atoms in total. The van der Waals surface area contributed by atoms with E-state index in [0.717, 1.165) is 23.9 Å². The molecule has 4 rings (SSSR count). The van der Waals surface area contributed by atoms with Crippen molar-refractivity contribution in [1.29, 1.82) is 0 Å². The van der Waals surface area contributed by atoms with Gasteiger partial charge in [0.15, 0.2) is 0 Å². The van der Waals surface area contributed by atoms with Crippen LogP contribution in [0, 0.1) is 5.92 Å². The molecule has 1 amide bonds. The number of fused-ring (bicyclic) bond motifs is 1. The van der Waals surface area contributed by atoms with Crippen molar-refractivity contribution in [2.75, 3.05) is 6.54 Å². The molecule has 0 bridgehead atoms. The average molecular weight is 455 g/mol. The van der Waals surface area contributed by atoms with Crippen LogP contribution in [-0.4, -0.2) is 36.9 Å². The van der Waals surface area contributed by atoms with E-state index < -0.39 is 10.0 Å². The Morgan fingerprint density at radius 2 is 1.84 bits per heavy atom. The third-order valence-electron chi connectivity index (χ3n) is 6.06. The second-order valence-corrected chi connectivity index (χ2v) is 10.2. The highest BCUT2D eigenvalue weighted by molar-refractivity contribution is 7.89. The number of nitrogens with one attached hydrogen (secondary N) is 3. The first-order valence-electron chi connectivity index (χ1n) is 11.3. The summed E-state index contributed by atoms with van der Waals surface area (Å²) >= 11 is 0. The van der Waals surface area contributed by atoms with Gasteiger partial charge in [0.25, 0.3) is 0 Å². The van der Waals surface area contributed by atoms with E-state index in [0.29, 0.717) is 43.6 Å². The van der Waals surface area contributed by atoms with E-state index in [9.17, 15) is 13.2 Å². The van der Waals surface area contributed by atoms with Gasteiger partial charge in [0, 0.05) is 24.1 Å². The number of aromatic amines is 1. The van der Waals surface area contributed by atoms with Gasteiger partial charge in [0.1, 0.15) is 5.82 Å². The number of H-pyrrole nitrogens is 1. The van der Waals surface area contributed by atoms with Crippen molar-refractivity contribution < 1.29 is 13.2 Å². The number of hydrogen-bond donors (Lipinski definition) is 3. The topological polar surface area (TPSA) is 104 Å². The van der Waals surface area contributed by atoms with Gasteiger partial charge in [-0.25, -0.2) is 18.1 Å². The van der Waals surface area contributed by atoms with Crippen molar-refractivity contribution in [2.45, 2.75) is 56.4 Å². The predicted octanol–water partition coefficient (Wildman–Crippen LogP) is 3.98. The van der Waals surface area contributed by atoms with E-state index in [4.69, 9.17) is 0 Å². The van der Waals surface area contributed by atoms with Gasteiger partial charge in [-0.3, -0.25) is 4.79 Å². The van der Waals surface area contributed by atoms with Crippen LogP contribution in [0.15, 0.2) is 53.4 Å². The summed E-state index contributed by atoms with van der Waals surface area (Å²) in [6.45, 7) is 2.80. The van der Waals surface area contributed by atoms with Gasteiger partial charge in [-0.2, -0.15) is 0 Å². The second-order valence-electron chi connectivity index (χ2n) is 8.44. The number of aromatic nitrogens is 2. The summed E-state index contributed by atoms with van der Waals surface area (Å²) in [4.78, 5) is 20.3. The molecule has 0 unspecified atom stereocenters. The van der Waals surface area contributed by atoms with Gasteiger partial charge in [0.2, 0.25) is 15.9 Å². The molecule has 170 valence electrons. The van der Waals surface area contributed by atoms with Gasteiger partial charge in [0.05, 0.1) is 15.9 Å². The first-order valence-corrected chi connectivity index (χ1v) is 12.8. The van der Waals surface area contributed by atoms with Gasteiger partial charge in [-0.15, -0.1) is 0 Å². The van der Waals surface area contributed by atoms with Crippen LogP contribution in [0.1, 0.15) is 45.4 Å². The molecule has 0 spiro atoms. The Labute approximate surface area is 189 Å². The van der Waals surface area contributed by atoms with Gasteiger partial charge in [-0.1, -0.05) is 43.7 Å². The minimum absolute atomic E-state index is 0.0237. The summed E-state index contributed by atoms with van der Waals surface area (Å²) in [5.74, 6) is 0.779. The molecule has 1 aliphatic carbocycles. The lowest BCUT2D eigenvalue weighted by atomic mass is 9.86. The molecule has 0 saturated heterocycles. The van der Waals surface area contributed by atoms with Crippen LogP contribution in [0.2, 0.25) is 0 Å². The maximum atomic E-state index is 13.0. The number of hydrogen-bond acceptors (Lipinski definition) is 4. The van der Waals surface area contributed by atoms with Crippen molar-refractivity contribution in [3.63, 3.8) is 0 Å². The smallest absolute Gasteiger partial charge is 0.240 e. The van der Waals surface area contributed by atoms with Crippen LogP contribution in [0.4, 0.5) is 0 Å². The highest BCUT2D eigenvalue weighted by Crippen LogP contribution is 2.27. The first kappa shape index (κ1) is 22.5. The molecule has 0 aliphatic heterocycles. The summed E-state index contributed by atoms with van der Waals surface area (Å²) < 4.78 is 28.8. The quantitative estimate of drug-likeness (QED) is 0.448. The zero-order chi connectivity index (χ0) is 22.6. The highest BCUT2D eigenvalue weighted by atomic mass is 32.2. The lowest BCUT2D eigenvalue weighted by Gasteiger charge is -2.28. The number of sulfonamides is 1. The third kappa shape index (κ3) is 5.19. The standard InChI is InChI=1S/C24H30N4O3S/c1-2-3-15-25-24(29)18-9-11-19(12-10-18)28-32(30,31)20-13-14-21-22(16-20)27-23(26-21)17-7-5-4-6-8-17/h4-8,13-14,16,18-19,28H,2-3,9-12,15H2,1H3,(H,25,29)(H,26,27)/t18-,19-. The summed E-state index contributed by atoms with van der Waals surface area (Å²) in [6.07, 6.45) is 4.75. The molecular formula is C24H30N4O3S. The number of unbranched alkanes of at least 4 members (excludes halogenated alkanes) is 1. The van der Waals surface area contributed by atoms with E-state index >= 15 is 0 Å². The summed E-state index contributed by atoms with van der Waals surface area (Å²) in [6, 6.07) is 14.5. The van der Waals surface area contributed by atoms with Crippen molar-refractivity contribution >= 4 is 27.0 Å². The lowest BCUT2D eigenvalue weighted by Crippen LogP contribution is -2.41. The first-order chi connectivity index (χ1) is 15.5. The molecule has 1 saturated carbocycles. The monoisotopic (exact) mass is 454 g/mol. The van der Waals surface area contributed by atoms with Gasteiger partial charge in [-0.05, 0) is 50.3 Å². The SMILES string of the molecule is CCCCNC(=O)[C@H]1CC[C@H](NS(=O)(=O)c2ccc3[nH]c(-c4ccccc4)nc3c2)CC1. The zero-order valence-electron chi connectivity index (χ0n) is 18.3. The zero-order valence-corrected chi connectivity index (χ0v) is 19.1. The van der Waals surface area contributed by atoms with E-state index in [2.05, 4.69) is 26.9 Å². The predicted molar refractivity (Wildman–Crippen MR) is 126 cm³/mol. The molecule has 2 aromatic carbocycles. The van der Waals surface area contributed by atoms with Crippen molar-refractivity contribution in [2.24, 2.45) is 5.92 Å². The highest BCUT2D eigenvalue weighted by Gasteiger charge is 2.29. The maximum absolute atomic E-state index is 13.0. The molecule has 1 fully saturated rings. The fourth-order valence-corrected chi connectivity index (χ4v) is 5.50. The fourth-order valence-electron chi connectivity index (χ4n) is 4.18. The normalized spacial score (nSPS) is 19.2. The summed E-state index contributed by atoms with van der Waals surface area (Å²) in [7, 11) is -3.67. The molecule has 1 aromatic heterocycles. The van der Waals surface area contributed by atoms with E-state index in [1.807, 2.05) is 30.3 Å². The largest absolute Gasteiger partial charge is 0.356 e. The average Bonchev–Trinajstić information content (AvgIpc) is 3.24. The van der Waals surface area contributed by atoms with Crippen molar-refractivity contribution in [3.8, 4) is 11.4 Å². The van der Waals surface area contributed by atoms with Gasteiger partial charge < -0.3 is 10.3 Å². The Hall–Kier alpha value is -2.71. The minimum Gasteiger partial charge on any atom is -0.356 e. The summed E-state index contributed by atoms with van der Waals surface area (Å²) in [5, 5.41) is 2.99. The van der Waals surface area contributed by atoms with Crippen LogP contribution < -0.4 is 10.0 Å². The van der Waals surface area contributed by atoms with E-state index in [1.165, 1.54) is 0 Å². The van der Waals surface area contributed by atoms with Crippen molar-refractivity contribution in [1.82, 2.24) is 20.0 Å². The van der Waals surface area contributed by atoms with Crippen molar-refractivity contribution in [3.05, 3.63) is 48.5 Å². The van der Waals surface area contributed by atoms with Crippen LogP contribution in [0.3, 0.4) is 0 Å². The molecule has 0 radical (unpaired) electrons. The number of rotatable bonds is 8. The Balaban J connectivity index is 1.40. The van der Waals surface area contributed by atoms with E-state index in [1.54, 1.807) is 18.2 Å². The third-order valence-corrected chi connectivity index (χ3v) is 7.58. The van der Waals surface area contributed by atoms with Crippen LogP contribution in [0.5, 0.6) is 0 Å². The number of nitrogens with zero attached hydrogens (tertiary/aromatic N) is 1.